The van der Waals surface area contributed by atoms with Crippen LogP contribution in [0, 0.1) is 11.3 Å². The largest absolute Gasteiger partial charge is 0.384 e. The maximum Gasteiger partial charge on any atom is 0.227 e. The summed E-state index contributed by atoms with van der Waals surface area (Å²) in [6, 6.07) is 4.03. The number of nitrogens with zero attached hydrogens (tertiary/aromatic N) is 4. The zero-order chi connectivity index (χ0) is 18.3. The first-order valence-electron chi connectivity index (χ1n) is 10.1. The molecule has 0 radical (unpaired) electrons. The van der Waals surface area contributed by atoms with Gasteiger partial charge < -0.3 is 15.0 Å². The summed E-state index contributed by atoms with van der Waals surface area (Å²) < 4.78 is 5.46. The van der Waals surface area contributed by atoms with Crippen LogP contribution >= 0.6 is 0 Å². The number of rotatable bonds is 6. The number of anilines is 3. The Morgan fingerprint density at radius 1 is 1.30 bits per heavy atom. The molecular formula is C20H28N6O. The molecule has 2 aliphatic heterocycles. The third-order valence-electron chi connectivity index (χ3n) is 6.47. The van der Waals surface area contributed by atoms with E-state index in [2.05, 4.69) is 31.5 Å². The number of ether oxygens (including phenoxy) is 1. The number of aromatic nitrogens is 4. The van der Waals surface area contributed by atoms with E-state index in [0.717, 1.165) is 43.2 Å². The first-order chi connectivity index (χ1) is 13.2. The van der Waals surface area contributed by atoms with Gasteiger partial charge in [0.1, 0.15) is 5.82 Å². The maximum absolute atomic E-state index is 5.46. The molecule has 0 amide bonds. The molecule has 0 spiro atoms. The number of hydrogen-bond acceptors (Lipinski definition) is 6. The minimum absolute atomic E-state index is 0.294. The molecule has 144 valence electrons. The van der Waals surface area contributed by atoms with Gasteiger partial charge in [0.15, 0.2) is 5.82 Å². The molecule has 0 aromatic carbocycles. The van der Waals surface area contributed by atoms with Gasteiger partial charge in [-0.05, 0) is 37.7 Å². The van der Waals surface area contributed by atoms with Crippen molar-refractivity contribution in [2.75, 3.05) is 37.0 Å². The summed E-state index contributed by atoms with van der Waals surface area (Å²) in [6.45, 7) is 2.85. The van der Waals surface area contributed by atoms with Crippen LogP contribution in [0.25, 0.3) is 0 Å². The Morgan fingerprint density at radius 2 is 2.15 bits per heavy atom. The molecule has 0 atom stereocenters. The Labute approximate surface area is 159 Å². The van der Waals surface area contributed by atoms with E-state index in [0.29, 0.717) is 11.3 Å². The molecule has 27 heavy (non-hydrogen) atoms. The molecule has 4 fully saturated rings. The van der Waals surface area contributed by atoms with E-state index >= 15 is 0 Å². The van der Waals surface area contributed by atoms with E-state index in [9.17, 15) is 0 Å². The second-order valence-electron chi connectivity index (χ2n) is 8.64. The average Bonchev–Trinajstić information content (AvgIpc) is 3.33. The molecule has 2 bridgehead atoms. The fourth-order valence-corrected chi connectivity index (χ4v) is 5.37. The van der Waals surface area contributed by atoms with Crippen LogP contribution in [0.1, 0.15) is 50.1 Å². The summed E-state index contributed by atoms with van der Waals surface area (Å²) in [5.74, 6) is 3.81. The Balaban J connectivity index is 1.28. The number of H-pyrrole nitrogens is 1. The maximum atomic E-state index is 5.46. The van der Waals surface area contributed by atoms with Gasteiger partial charge in [0, 0.05) is 49.5 Å². The predicted octanol–water partition coefficient (Wildman–Crippen LogP) is 3.46. The van der Waals surface area contributed by atoms with Crippen molar-refractivity contribution in [3.8, 4) is 0 Å². The molecule has 6 rings (SSSR count). The molecule has 4 aliphatic rings. The molecular weight excluding hydrogens is 340 g/mol. The second-order valence-corrected chi connectivity index (χ2v) is 8.64. The summed E-state index contributed by atoms with van der Waals surface area (Å²) in [7, 11) is 1.80. The third kappa shape index (κ3) is 3.29. The zero-order valence-corrected chi connectivity index (χ0v) is 15.9. The predicted molar refractivity (Wildman–Crippen MR) is 104 cm³/mol. The van der Waals surface area contributed by atoms with E-state index in [1.165, 1.54) is 44.2 Å². The molecule has 0 unspecified atom stereocenters. The Morgan fingerprint density at radius 3 is 2.96 bits per heavy atom. The van der Waals surface area contributed by atoms with Crippen LogP contribution in [-0.4, -0.2) is 47.0 Å². The Hall–Kier alpha value is -2.15. The summed E-state index contributed by atoms with van der Waals surface area (Å²) in [6.07, 6.45) is 9.54. The molecule has 4 heterocycles. The topological polar surface area (TPSA) is 79.0 Å². The molecule has 2 saturated carbocycles. The standard InChI is InChI=1S/C20H28N6O/c1-27-13-20-9-14(10-20)11-26(12-20)19-21-7-6-17(23-19)22-18-8-16(24-25-18)15-4-2-3-5-15/h6-8,14-15H,2-5,9-13H2,1H3,(H2,21,22,23,24,25). The van der Waals surface area contributed by atoms with Crippen LogP contribution < -0.4 is 10.2 Å². The van der Waals surface area contributed by atoms with Gasteiger partial charge in [-0.25, -0.2) is 4.98 Å². The van der Waals surface area contributed by atoms with Gasteiger partial charge in [-0.15, -0.1) is 0 Å². The Kier molecular flexibility index (Phi) is 4.27. The van der Waals surface area contributed by atoms with Gasteiger partial charge in [-0.2, -0.15) is 10.1 Å². The first-order valence-corrected chi connectivity index (χ1v) is 10.1. The van der Waals surface area contributed by atoms with Gasteiger partial charge in [0.25, 0.3) is 0 Å². The minimum atomic E-state index is 0.294. The average molecular weight is 368 g/mol. The van der Waals surface area contributed by atoms with E-state index < -0.39 is 0 Å². The number of hydrogen-bond donors (Lipinski definition) is 2. The zero-order valence-electron chi connectivity index (χ0n) is 15.9. The van der Waals surface area contributed by atoms with Gasteiger partial charge in [-0.1, -0.05) is 12.8 Å². The van der Waals surface area contributed by atoms with Crippen LogP contribution in [-0.2, 0) is 4.74 Å². The van der Waals surface area contributed by atoms with Gasteiger partial charge >= 0.3 is 0 Å². The molecule has 2 N–H and O–H groups in total. The molecule has 2 saturated heterocycles. The van der Waals surface area contributed by atoms with Crippen LogP contribution in [0.15, 0.2) is 18.3 Å². The molecule has 2 aliphatic carbocycles. The third-order valence-corrected chi connectivity index (χ3v) is 6.47. The lowest BCUT2D eigenvalue weighted by Crippen LogP contribution is -2.58. The van der Waals surface area contributed by atoms with Crippen molar-refractivity contribution in [1.29, 1.82) is 0 Å². The first kappa shape index (κ1) is 17.0. The van der Waals surface area contributed by atoms with Crippen molar-refractivity contribution >= 4 is 17.6 Å². The van der Waals surface area contributed by atoms with E-state index in [1.807, 2.05) is 12.3 Å². The summed E-state index contributed by atoms with van der Waals surface area (Å²) in [5.41, 5.74) is 1.53. The highest BCUT2D eigenvalue weighted by atomic mass is 16.5. The van der Waals surface area contributed by atoms with Crippen molar-refractivity contribution in [3.05, 3.63) is 24.0 Å². The number of methoxy groups -OCH3 is 1. The lowest BCUT2D eigenvalue weighted by molar-refractivity contribution is -0.0371. The smallest absolute Gasteiger partial charge is 0.227 e. The van der Waals surface area contributed by atoms with Crippen molar-refractivity contribution in [3.63, 3.8) is 0 Å². The fourth-order valence-electron chi connectivity index (χ4n) is 5.37. The van der Waals surface area contributed by atoms with E-state index in [1.54, 1.807) is 7.11 Å². The highest BCUT2D eigenvalue weighted by molar-refractivity contribution is 5.53. The summed E-state index contributed by atoms with van der Waals surface area (Å²) in [5, 5.41) is 11.0. The van der Waals surface area contributed by atoms with Gasteiger partial charge in [-0.3, -0.25) is 5.10 Å². The van der Waals surface area contributed by atoms with Crippen molar-refractivity contribution in [1.82, 2.24) is 20.2 Å². The summed E-state index contributed by atoms with van der Waals surface area (Å²) in [4.78, 5) is 11.6. The fraction of sp³-hybridized carbons (Fsp3) is 0.650. The molecule has 2 aromatic rings. The lowest BCUT2D eigenvalue weighted by atomic mass is 9.59. The van der Waals surface area contributed by atoms with Crippen molar-refractivity contribution < 1.29 is 4.74 Å². The van der Waals surface area contributed by atoms with Crippen LogP contribution in [0.2, 0.25) is 0 Å². The van der Waals surface area contributed by atoms with Crippen LogP contribution in [0.5, 0.6) is 0 Å². The Bertz CT molecular complexity index is 788. The number of piperidine rings is 2. The van der Waals surface area contributed by atoms with Gasteiger partial charge in [0.2, 0.25) is 5.95 Å². The van der Waals surface area contributed by atoms with E-state index in [4.69, 9.17) is 9.72 Å². The van der Waals surface area contributed by atoms with Crippen molar-refractivity contribution in [2.45, 2.75) is 44.4 Å². The molecule has 2 aromatic heterocycles. The molecule has 7 nitrogen and oxygen atoms in total. The number of fused-ring (bicyclic) bond motifs is 2. The summed E-state index contributed by atoms with van der Waals surface area (Å²) >= 11 is 0. The SMILES string of the molecule is COCC12CC(CN(c3nccc(Nc4cc(C5CCCC5)[nH]n4)n3)C1)C2. The second kappa shape index (κ2) is 6.78. The molecule has 7 heteroatoms. The highest BCUT2D eigenvalue weighted by Crippen LogP contribution is 2.51. The van der Waals surface area contributed by atoms with E-state index in [-0.39, 0.29) is 0 Å². The van der Waals surface area contributed by atoms with Gasteiger partial charge in [0.05, 0.1) is 6.61 Å². The normalized spacial score (nSPS) is 27.6. The highest BCUT2D eigenvalue weighted by Gasteiger charge is 2.50. The van der Waals surface area contributed by atoms with Crippen LogP contribution in [0.3, 0.4) is 0 Å². The minimum Gasteiger partial charge on any atom is -0.384 e. The van der Waals surface area contributed by atoms with Crippen molar-refractivity contribution in [2.24, 2.45) is 11.3 Å². The monoisotopic (exact) mass is 368 g/mol. The number of nitrogens with one attached hydrogen (secondary N) is 2. The van der Waals surface area contributed by atoms with Crippen LogP contribution in [0.4, 0.5) is 17.6 Å². The number of aromatic amines is 1. The lowest BCUT2D eigenvalue weighted by Gasteiger charge is -2.56. The quantitative estimate of drug-likeness (QED) is 0.813.